The maximum atomic E-state index is 11.7. The molecule has 1 heterocycles. The Hall–Kier alpha value is -2.30. The number of carboxylic acids is 1. The molecular formula is C14H15NO4. The monoisotopic (exact) mass is 261 g/mol. The molecule has 100 valence electrons. The smallest absolute Gasteiger partial charge is 0.304 e. The summed E-state index contributed by atoms with van der Waals surface area (Å²) in [5.74, 6) is -1.79. The lowest BCUT2D eigenvalue weighted by Crippen LogP contribution is -2.29. The molecule has 0 saturated carbocycles. The van der Waals surface area contributed by atoms with Gasteiger partial charge in [0.2, 0.25) is 5.91 Å². The Morgan fingerprint density at radius 3 is 2.84 bits per heavy atom. The van der Waals surface area contributed by atoms with E-state index in [4.69, 9.17) is 9.52 Å². The quantitative estimate of drug-likeness (QED) is 0.864. The van der Waals surface area contributed by atoms with Gasteiger partial charge < -0.3 is 14.8 Å². The zero-order valence-electron chi connectivity index (χ0n) is 10.6. The molecule has 1 aromatic heterocycles. The summed E-state index contributed by atoms with van der Waals surface area (Å²) in [4.78, 5) is 22.2. The van der Waals surface area contributed by atoms with Crippen molar-refractivity contribution in [2.45, 2.75) is 19.9 Å². The van der Waals surface area contributed by atoms with Crippen LogP contribution in [0.1, 0.15) is 18.9 Å². The highest BCUT2D eigenvalue weighted by Crippen LogP contribution is 2.20. The number of benzene rings is 1. The number of amides is 1. The first-order chi connectivity index (χ1) is 9.08. The summed E-state index contributed by atoms with van der Waals surface area (Å²) >= 11 is 0. The highest BCUT2D eigenvalue weighted by atomic mass is 16.4. The van der Waals surface area contributed by atoms with Crippen molar-refractivity contribution in [1.29, 1.82) is 0 Å². The summed E-state index contributed by atoms with van der Waals surface area (Å²) in [6, 6.07) is 7.55. The van der Waals surface area contributed by atoms with E-state index in [0.717, 1.165) is 16.5 Å². The van der Waals surface area contributed by atoms with Crippen LogP contribution in [0.5, 0.6) is 0 Å². The largest absolute Gasteiger partial charge is 0.481 e. The molecule has 0 radical (unpaired) electrons. The number of carbonyl (C=O) groups excluding carboxylic acids is 1. The Bertz CT molecular complexity index is 602. The summed E-state index contributed by atoms with van der Waals surface area (Å²) in [6.45, 7) is 1.93. The second kappa shape index (κ2) is 5.56. The minimum absolute atomic E-state index is 0.169. The third-order valence-corrected chi connectivity index (χ3v) is 2.94. The lowest BCUT2D eigenvalue weighted by molar-refractivity contribution is -0.140. The van der Waals surface area contributed by atoms with E-state index in [-0.39, 0.29) is 12.3 Å². The SMILES string of the molecule is CC(CC(=O)O)C(=O)NCc1coc2ccccc12. The zero-order chi connectivity index (χ0) is 13.8. The van der Waals surface area contributed by atoms with Crippen molar-refractivity contribution in [1.82, 2.24) is 5.32 Å². The van der Waals surface area contributed by atoms with Crippen molar-refractivity contribution in [2.75, 3.05) is 0 Å². The second-order valence-electron chi connectivity index (χ2n) is 4.47. The molecule has 0 saturated heterocycles. The average molecular weight is 261 g/mol. The zero-order valence-corrected chi connectivity index (χ0v) is 10.6. The van der Waals surface area contributed by atoms with E-state index in [0.29, 0.717) is 6.54 Å². The van der Waals surface area contributed by atoms with E-state index in [1.54, 1.807) is 13.2 Å². The Morgan fingerprint density at radius 1 is 1.37 bits per heavy atom. The van der Waals surface area contributed by atoms with Gasteiger partial charge in [-0.15, -0.1) is 0 Å². The third kappa shape index (κ3) is 3.13. The van der Waals surface area contributed by atoms with E-state index in [9.17, 15) is 9.59 Å². The molecule has 19 heavy (non-hydrogen) atoms. The third-order valence-electron chi connectivity index (χ3n) is 2.94. The molecule has 0 spiro atoms. The Morgan fingerprint density at radius 2 is 2.11 bits per heavy atom. The highest BCUT2D eigenvalue weighted by Gasteiger charge is 2.16. The first kappa shape index (κ1) is 13.1. The summed E-state index contributed by atoms with van der Waals surface area (Å²) < 4.78 is 5.36. The molecule has 2 N–H and O–H groups in total. The molecular weight excluding hydrogens is 246 g/mol. The highest BCUT2D eigenvalue weighted by molar-refractivity contribution is 5.84. The van der Waals surface area contributed by atoms with Crippen molar-refractivity contribution < 1.29 is 19.1 Å². The van der Waals surface area contributed by atoms with Crippen LogP contribution in [0.25, 0.3) is 11.0 Å². The standard InChI is InChI=1S/C14H15NO4/c1-9(6-13(16)17)14(18)15-7-10-8-19-12-5-3-2-4-11(10)12/h2-5,8-9H,6-7H2,1H3,(H,15,18)(H,16,17). The van der Waals surface area contributed by atoms with Crippen LogP contribution in [-0.2, 0) is 16.1 Å². The van der Waals surface area contributed by atoms with Gasteiger partial charge in [0, 0.05) is 23.4 Å². The first-order valence-electron chi connectivity index (χ1n) is 6.02. The Kier molecular flexibility index (Phi) is 3.85. The number of nitrogens with one attached hydrogen (secondary N) is 1. The van der Waals surface area contributed by atoms with Crippen molar-refractivity contribution in [3.05, 3.63) is 36.1 Å². The first-order valence-corrected chi connectivity index (χ1v) is 6.02. The maximum absolute atomic E-state index is 11.7. The van der Waals surface area contributed by atoms with Crippen molar-refractivity contribution >= 4 is 22.8 Å². The van der Waals surface area contributed by atoms with E-state index >= 15 is 0 Å². The predicted octanol–water partition coefficient (Wildman–Crippen LogP) is 2.16. The lowest BCUT2D eigenvalue weighted by atomic mass is 10.1. The van der Waals surface area contributed by atoms with Gasteiger partial charge in [-0.1, -0.05) is 25.1 Å². The molecule has 0 aliphatic carbocycles. The van der Waals surface area contributed by atoms with E-state index < -0.39 is 11.9 Å². The number of furan rings is 1. The number of carboxylic acid groups (broad SMARTS) is 1. The summed E-state index contributed by atoms with van der Waals surface area (Å²) in [6.07, 6.45) is 1.44. The van der Waals surface area contributed by atoms with Crippen LogP contribution in [0.15, 0.2) is 34.9 Å². The fourth-order valence-electron chi connectivity index (χ4n) is 1.88. The summed E-state index contributed by atoms with van der Waals surface area (Å²) in [5.41, 5.74) is 1.65. The molecule has 1 atom stereocenters. The molecule has 5 heteroatoms. The Balaban J connectivity index is 1.99. The van der Waals surface area contributed by atoms with Gasteiger partial charge in [-0.05, 0) is 6.07 Å². The van der Waals surface area contributed by atoms with Crippen LogP contribution < -0.4 is 5.32 Å². The van der Waals surface area contributed by atoms with Crippen LogP contribution >= 0.6 is 0 Å². The molecule has 0 aliphatic heterocycles. The van der Waals surface area contributed by atoms with E-state index in [1.807, 2.05) is 24.3 Å². The van der Waals surface area contributed by atoms with Crippen molar-refractivity contribution in [3.8, 4) is 0 Å². The molecule has 0 fully saturated rings. The number of hydrogen-bond acceptors (Lipinski definition) is 3. The number of carbonyl (C=O) groups is 2. The second-order valence-corrected chi connectivity index (χ2v) is 4.47. The van der Waals surface area contributed by atoms with Gasteiger partial charge in [0.25, 0.3) is 0 Å². The maximum Gasteiger partial charge on any atom is 0.304 e. The van der Waals surface area contributed by atoms with Gasteiger partial charge in [-0.3, -0.25) is 9.59 Å². The van der Waals surface area contributed by atoms with E-state index in [2.05, 4.69) is 5.32 Å². The molecule has 2 rings (SSSR count). The van der Waals surface area contributed by atoms with Crippen LogP contribution in [-0.4, -0.2) is 17.0 Å². The molecule has 5 nitrogen and oxygen atoms in total. The number of aliphatic carboxylic acids is 1. The Labute approximate surface area is 110 Å². The molecule has 0 bridgehead atoms. The minimum atomic E-state index is -0.976. The van der Waals surface area contributed by atoms with Gasteiger partial charge in [0.05, 0.1) is 12.7 Å². The van der Waals surface area contributed by atoms with E-state index in [1.165, 1.54) is 0 Å². The van der Waals surface area contributed by atoms with Crippen LogP contribution in [0.2, 0.25) is 0 Å². The van der Waals surface area contributed by atoms with Gasteiger partial charge in [0.1, 0.15) is 5.58 Å². The fourth-order valence-corrected chi connectivity index (χ4v) is 1.88. The number of hydrogen-bond donors (Lipinski definition) is 2. The molecule has 1 amide bonds. The summed E-state index contributed by atoms with van der Waals surface area (Å²) in [5, 5.41) is 12.3. The van der Waals surface area contributed by atoms with Crippen molar-refractivity contribution in [3.63, 3.8) is 0 Å². The molecule has 0 aliphatic rings. The van der Waals surface area contributed by atoms with Crippen LogP contribution in [0.4, 0.5) is 0 Å². The predicted molar refractivity (Wildman–Crippen MR) is 69.5 cm³/mol. The lowest BCUT2D eigenvalue weighted by Gasteiger charge is -2.09. The fraction of sp³-hybridized carbons (Fsp3) is 0.286. The number of para-hydroxylation sites is 1. The normalized spacial score (nSPS) is 12.3. The number of rotatable bonds is 5. The van der Waals surface area contributed by atoms with Gasteiger partial charge >= 0.3 is 5.97 Å². The van der Waals surface area contributed by atoms with Gasteiger partial charge in [-0.25, -0.2) is 0 Å². The molecule has 1 unspecified atom stereocenters. The summed E-state index contributed by atoms with van der Waals surface area (Å²) in [7, 11) is 0. The van der Waals surface area contributed by atoms with Gasteiger partial charge in [0.15, 0.2) is 0 Å². The van der Waals surface area contributed by atoms with Gasteiger partial charge in [-0.2, -0.15) is 0 Å². The molecule has 2 aromatic rings. The number of fused-ring (bicyclic) bond motifs is 1. The molecule has 1 aromatic carbocycles. The van der Waals surface area contributed by atoms with Crippen molar-refractivity contribution in [2.24, 2.45) is 5.92 Å². The van der Waals surface area contributed by atoms with Crippen LogP contribution in [0, 0.1) is 5.92 Å². The average Bonchev–Trinajstić information content (AvgIpc) is 2.78. The van der Waals surface area contributed by atoms with Crippen LogP contribution in [0.3, 0.4) is 0 Å². The minimum Gasteiger partial charge on any atom is -0.481 e. The topological polar surface area (TPSA) is 79.5 Å².